The number of ether oxygens (including phenoxy) is 2. The lowest BCUT2D eigenvalue weighted by Gasteiger charge is -2.12. The van der Waals surface area contributed by atoms with Crippen molar-refractivity contribution in [1.82, 2.24) is 0 Å². The molecule has 0 aromatic heterocycles. The molecule has 0 aliphatic rings. The number of carbonyl (C=O) groups is 1. The maximum Gasteiger partial charge on any atom is 0.266 e. The molecule has 0 atom stereocenters. The summed E-state index contributed by atoms with van der Waals surface area (Å²) in [5.74, 6) is 0.584. The minimum atomic E-state index is -0.529. The van der Waals surface area contributed by atoms with Crippen molar-refractivity contribution < 1.29 is 14.3 Å². The molecule has 32 heavy (non-hydrogen) atoms. The summed E-state index contributed by atoms with van der Waals surface area (Å²) < 4.78 is 11.3. The van der Waals surface area contributed by atoms with Gasteiger partial charge in [0.1, 0.15) is 29.7 Å². The number of rotatable bonds is 7. The van der Waals surface area contributed by atoms with Crippen molar-refractivity contribution >= 4 is 29.3 Å². The summed E-state index contributed by atoms with van der Waals surface area (Å²) in [6.07, 6.45) is 1.50. The molecule has 5 nitrogen and oxygen atoms in total. The quantitative estimate of drug-likeness (QED) is 0.352. The second-order valence-electron chi connectivity index (χ2n) is 7.26. The molecule has 3 aromatic rings. The van der Waals surface area contributed by atoms with Gasteiger partial charge in [-0.1, -0.05) is 47.5 Å². The van der Waals surface area contributed by atoms with Crippen LogP contribution in [0.2, 0.25) is 5.02 Å². The van der Waals surface area contributed by atoms with Crippen molar-refractivity contribution in [3.63, 3.8) is 0 Å². The van der Waals surface area contributed by atoms with Gasteiger partial charge >= 0.3 is 0 Å². The van der Waals surface area contributed by atoms with Crippen LogP contribution in [0.3, 0.4) is 0 Å². The Balaban J connectivity index is 1.87. The normalized spacial score (nSPS) is 10.9. The van der Waals surface area contributed by atoms with Crippen molar-refractivity contribution in [1.29, 1.82) is 5.26 Å². The predicted molar refractivity (Wildman–Crippen MR) is 127 cm³/mol. The van der Waals surface area contributed by atoms with Crippen LogP contribution >= 0.6 is 11.6 Å². The third kappa shape index (κ3) is 5.90. The van der Waals surface area contributed by atoms with E-state index in [0.717, 1.165) is 11.1 Å². The number of nitriles is 1. The summed E-state index contributed by atoms with van der Waals surface area (Å²) >= 11 is 6.03. The number of aryl methyl sites for hydroxylation is 2. The van der Waals surface area contributed by atoms with Crippen LogP contribution in [0.4, 0.5) is 5.69 Å². The highest BCUT2D eigenvalue weighted by atomic mass is 35.5. The molecule has 1 amide bonds. The Labute approximate surface area is 192 Å². The molecule has 6 heteroatoms. The van der Waals surface area contributed by atoms with Gasteiger partial charge in [-0.2, -0.15) is 5.26 Å². The Morgan fingerprint density at radius 2 is 1.84 bits per heavy atom. The number of nitrogens with zero attached hydrogens (tertiary/aromatic N) is 1. The van der Waals surface area contributed by atoms with Crippen molar-refractivity contribution in [2.75, 3.05) is 12.4 Å². The summed E-state index contributed by atoms with van der Waals surface area (Å²) in [7, 11) is 1.57. The molecular weight excluding hydrogens is 424 g/mol. The highest BCUT2D eigenvalue weighted by molar-refractivity contribution is 6.31. The molecule has 3 aromatic carbocycles. The summed E-state index contributed by atoms with van der Waals surface area (Å²) in [5.41, 5.74) is 4.09. The van der Waals surface area contributed by atoms with Crippen LogP contribution < -0.4 is 14.8 Å². The Morgan fingerprint density at radius 3 is 2.53 bits per heavy atom. The number of nitrogens with one attached hydrogen (secondary N) is 1. The fraction of sp³-hybridized carbons (Fsp3) is 0.154. The number of benzene rings is 3. The monoisotopic (exact) mass is 446 g/mol. The van der Waals surface area contributed by atoms with Crippen molar-refractivity contribution in [3.05, 3.63) is 93.5 Å². The summed E-state index contributed by atoms with van der Waals surface area (Å²) in [4.78, 5) is 12.7. The van der Waals surface area contributed by atoms with E-state index in [0.29, 0.717) is 34.4 Å². The van der Waals surface area contributed by atoms with Gasteiger partial charge in [-0.15, -0.1) is 0 Å². The summed E-state index contributed by atoms with van der Waals surface area (Å²) in [5, 5.41) is 12.9. The molecule has 0 spiro atoms. The van der Waals surface area contributed by atoms with Crippen molar-refractivity contribution in [3.8, 4) is 17.6 Å². The average molecular weight is 447 g/mol. The smallest absolute Gasteiger partial charge is 0.266 e. The van der Waals surface area contributed by atoms with Gasteiger partial charge in [-0.25, -0.2) is 0 Å². The standard InChI is InChI=1S/C26H23ClN2O3/c1-17-4-7-19(8-5-17)16-32-25-14-23(31-3)11-9-20(25)12-21(15-28)26(30)29-24-13-22(27)10-6-18(24)2/h4-14H,16H2,1-3H3,(H,29,30)/b21-12+. The first-order chi connectivity index (χ1) is 15.4. The number of anilines is 1. The maximum atomic E-state index is 12.7. The highest BCUT2D eigenvalue weighted by Crippen LogP contribution is 2.28. The van der Waals surface area contributed by atoms with Gasteiger partial charge in [0.25, 0.3) is 5.91 Å². The van der Waals surface area contributed by atoms with E-state index in [2.05, 4.69) is 5.32 Å². The Kier molecular flexibility index (Phi) is 7.54. The zero-order valence-corrected chi connectivity index (χ0v) is 18.9. The lowest BCUT2D eigenvalue weighted by atomic mass is 10.1. The van der Waals surface area contributed by atoms with Gasteiger partial charge in [-0.3, -0.25) is 4.79 Å². The topological polar surface area (TPSA) is 71.3 Å². The molecule has 0 saturated heterocycles. The molecule has 0 radical (unpaired) electrons. The number of hydrogen-bond donors (Lipinski definition) is 1. The molecule has 0 saturated carbocycles. The first kappa shape index (κ1) is 22.9. The number of hydrogen-bond acceptors (Lipinski definition) is 4. The van der Waals surface area contributed by atoms with E-state index in [1.807, 2.05) is 44.2 Å². The molecule has 1 N–H and O–H groups in total. The van der Waals surface area contributed by atoms with Gasteiger partial charge in [0.05, 0.1) is 7.11 Å². The van der Waals surface area contributed by atoms with Gasteiger partial charge in [0.15, 0.2) is 0 Å². The van der Waals surface area contributed by atoms with Crippen molar-refractivity contribution in [2.45, 2.75) is 20.5 Å². The molecular formula is C26H23ClN2O3. The number of methoxy groups -OCH3 is 1. The predicted octanol–water partition coefficient (Wildman–Crippen LogP) is 6.09. The Morgan fingerprint density at radius 1 is 1.09 bits per heavy atom. The van der Waals surface area contributed by atoms with Gasteiger partial charge in [0.2, 0.25) is 0 Å². The zero-order valence-electron chi connectivity index (χ0n) is 18.1. The number of halogens is 1. The minimum Gasteiger partial charge on any atom is -0.497 e. The SMILES string of the molecule is COc1ccc(/C=C(\C#N)C(=O)Nc2cc(Cl)ccc2C)c(OCc2ccc(C)cc2)c1. The largest absolute Gasteiger partial charge is 0.497 e. The average Bonchev–Trinajstić information content (AvgIpc) is 2.79. The molecule has 0 bridgehead atoms. The third-order valence-electron chi connectivity index (χ3n) is 4.85. The molecule has 3 rings (SSSR count). The first-order valence-electron chi connectivity index (χ1n) is 9.95. The molecule has 0 aliphatic carbocycles. The first-order valence-corrected chi connectivity index (χ1v) is 10.3. The van der Waals surface area contributed by atoms with E-state index in [4.69, 9.17) is 21.1 Å². The zero-order chi connectivity index (χ0) is 23.1. The van der Waals surface area contributed by atoms with Crippen LogP contribution in [-0.2, 0) is 11.4 Å². The van der Waals surface area contributed by atoms with Gasteiger partial charge < -0.3 is 14.8 Å². The van der Waals surface area contributed by atoms with E-state index in [9.17, 15) is 10.1 Å². The van der Waals surface area contributed by atoms with Crippen molar-refractivity contribution in [2.24, 2.45) is 0 Å². The second kappa shape index (κ2) is 10.5. The highest BCUT2D eigenvalue weighted by Gasteiger charge is 2.14. The maximum absolute atomic E-state index is 12.7. The Bertz CT molecular complexity index is 1190. The molecule has 0 unspecified atom stereocenters. The lowest BCUT2D eigenvalue weighted by molar-refractivity contribution is -0.112. The van der Waals surface area contributed by atoms with E-state index >= 15 is 0 Å². The van der Waals surface area contributed by atoms with E-state index in [-0.39, 0.29) is 5.57 Å². The number of amides is 1. The Hall–Kier alpha value is -3.75. The summed E-state index contributed by atoms with van der Waals surface area (Å²) in [6, 6.07) is 20.4. The van der Waals surface area contributed by atoms with Crippen LogP contribution in [0, 0.1) is 25.2 Å². The van der Waals surface area contributed by atoms with Crippen LogP contribution in [-0.4, -0.2) is 13.0 Å². The lowest BCUT2D eigenvalue weighted by Crippen LogP contribution is -2.14. The molecule has 162 valence electrons. The summed E-state index contributed by atoms with van der Waals surface area (Å²) in [6.45, 7) is 4.21. The minimum absolute atomic E-state index is 0.0604. The third-order valence-corrected chi connectivity index (χ3v) is 5.08. The van der Waals surface area contributed by atoms with E-state index < -0.39 is 5.91 Å². The molecule has 0 aliphatic heterocycles. The second-order valence-corrected chi connectivity index (χ2v) is 7.70. The van der Waals surface area contributed by atoms with E-state index in [1.54, 1.807) is 43.5 Å². The van der Waals surface area contributed by atoms with E-state index in [1.165, 1.54) is 11.6 Å². The van der Waals surface area contributed by atoms with Gasteiger partial charge in [0, 0.05) is 22.3 Å². The van der Waals surface area contributed by atoms with Crippen LogP contribution in [0.5, 0.6) is 11.5 Å². The van der Waals surface area contributed by atoms with Crippen LogP contribution in [0.1, 0.15) is 22.3 Å². The van der Waals surface area contributed by atoms with Crippen LogP contribution in [0.15, 0.2) is 66.2 Å². The number of carbonyl (C=O) groups excluding carboxylic acids is 1. The molecule has 0 heterocycles. The fourth-order valence-corrected chi connectivity index (χ4v) is 3.13. The van der Waals surface area contributed by atoms with Crippen LogP contribution in [0.25, 0.3) is 6.08 Å². The fourth-order valence-electron chi connectivity index (χ4n) is 2.95. The van der Waals surface area contributed by atoms with Gasteiger partial charge in [-0.05, 0) is 55.3 Å². The molecule has 0 fully saturated rings.